The maximum Gasteiger partial charge on any atom is 0.397 e. The normalized spacial score (nSPS) is 15.1. The van der Waals surface area contributed by atoms with Gasteiger partial charge in [-0.15, -0.1) is 0 Å². The Bertz CT molecular complexity index is 914. The summed E-state index contributed by atoms with van der Waals surface area (Å²) in [5.41, 5.74) is 6.20. The van der Waals surface area contributed by atoms with Gasteiger partial charge in [-0.3, -0.25) is 9.59 Å². The first-order valence-corrected chi connectivity index (χ1v) is 9.06. The van der Waals surface area contributed by atoms with E-state index in [1.165, 1.54) is 11.1 Å². The standard InChI is InChI=1S/C19H20F3N5O2.2H2/c20-19(21,22)12-16(28)27-9-3-8-26(10-11-27)15-6-1-5-14(25-15)17(29)13-4-2-7-24-18(13)23;;/h1-2,4-7H,3,8-12H2,(H2,23,24);2*1H. The van der Waals surface area contributed by atoms with E-state index < -0.39 is 18.5 Å². The number of halogens is 3. The van der Waals surface area contributed by atoms with Crippen LogP contribution in [0.4, 0.5) is 24.8 Å². The first kappa shape index (κ1) is 20.6. The van der Waals surface area contributed by atoms with Gasteiger partial charge in [0.25, 0.3) is 0 Å². The van der Waals surface area contributed by atoms with Crippen LogP contribution in [0.2, 0.25) is 0 Å². The quantitative estimate of drug-likeness (QED) is 0.778. The molecule has 29 heavy (non-hydrogen) atoms. The summed E-state index contributed by atoms with van der Waals surface area (Å²) in [7, 11) is 0. The summed E-state index contributed by atoms with van der Waals surface area (Å²) in [5, 5.41) is 0. The van der Waals surface area contributed by atoms with Crippen molar-refractivity contribution in [2.24, 2.45) is 0 Å². The molecule has 0 atom stereocenters. The van der Waals surface area contributed by atoms with Crippen LogP contribution in [0.3, 0.4) is 0 Å². The molecule has 158 valence electrons. The maximum atomic E-state index is 12.7. The van der Waals surface area contributed by atoms with Crippen LogP contribution in [0, 0.1) is 0 Å². The molecule has 1 fully saturated rings. The van der Waals surface area contributed by atoms with Gasteiger partial charge < -0.3 is 15.5 Å². The van der Waals surface area contributed by atoms with Crippen LogP contribution < -0.4 is 10.6 Å². The minimum atomic E-state index is -4.52. The minimum absolute atomic E-state index is 0. The van der Waals surface area contributed by atoms with Crippen LogP contribution in [0.1, 0.15) is 31.7 Å². The Labute approximate surface area is 168 Å². The number of nitrogens with two attached hydrogens (primary N) is 1. The van der Waals surface area contributed by atoms with Crippen molar-refractivity contribution >= 4 is 23.3 Å². The molecule has 1 aliphatic heterocycles. The van der Waals surface area contributed by atoms with Crippen molar-refractivity contribution in [3.8, 4) is 0 Å². The molecule has 1 aliphatic rings. The van der Waals surface area contributed by atoms with Crippen LogP contribution in [0.25, 0.3) is 0 Å². The minimum Gasteiger partial charge on any atom is -0.383 e. The van der Waals surface area contributed by atoms with Crippen molar-refractivity contribution in [1.82, 2.24) is 14.9 Å². The van der Waals surface area contributed by atoms with Crippen molar-refractivity contribution in [2.75, 3.05) is 36.8 Å². The molecule has 1 amide bonds. The lowest BCUT2D eigenvalue weighted by Gasteiger charge is -2.23. The van der Waals surface area contributed by atoms with Crippen molar-refractivity contribution in [3.05, 3.63) is 47.8 Å². The van der Waals surface area contributed by atoms with Crippen molar-refractivity contribution in [2.45, 2.75) is 19.0 Å². The summed E-state index contributed by atoms with van der Waals surface area (Å²) >= 11 is 0. The van der Waals surface area contributed by atoms with Crippen LogP contribution in [-0.2, 0) is 4.79 Å². The predicted octanol–water partition coefficient (Wildman–Crippen LogP) is 2.77. The number of carbonyl (C=O) groups excluding carboxylic acids is 2. The van der Waals surface area contributed by atoms with Crippen LogP contribution in [-0.4, -0.2) is 58.9 Å². The van der Waals surface area contributed by atoms with Gasteiger partial charge in [0.15, 0.2) is 0 Å². The van der Waals surface area contributed by atoms with Crippen molar-refractivity contribution in [1.29, 1.82) is 0 Å². The summed E-state index contributed by atoms with van der Waals surface area (Å²) in [6, 6.07) is 8.13. The number of rotatable bonds is 4. The first-order valence-electron chi connectivity index (χ1n) is 9.06. The molecule has 0 aromatic carbocycles. The van der Waals surface area contributed by atoms with Gasteiger partial charge in [0.2, 0.25) is 11.7 Å². The molecular formula is C19H24F3N5O2. The monoisotopic (exact) mass is 411 g/mol. The summed E-state index contributed by atoms with van der Waals surface area (Å²) in [6.07, 6.45) is -3.99. The fraction of sp³-hybridized carbons (Fsp3) is 0.368. The Hall–Kier alpha value is -3.17. The molecule has 0 bridgehead atoms. The SMILES string of the molecule is Nc1ncccc1C(=O)c1cccc(N2CCCN(C(=O)CC(F)(F)F)CC2)n1.[HH].[HH]. The molecule has 0 unspecified atom stereocenters. The zero-order valence-electron chi connectivity index (χ0n) is 15.5. The van der Waals surface area contributed by atoms with E-state index in [2.05, 4.69) is 9.97 Å². The second-order valence-corrected chi connectivity index (χ2v) is 6.66. The lowest BCUT2D eigenvalue weighted by Crippen LogP contribution is -2.37. The van der Waals surface area contributed by atoms with Gasteiger partial charge in [-0.05, 0) is 30.7 Å². The number of amides is 1. The summed E-state index contributed by atoms with van der Waals surface area (Å²) in [4.78, 5) is 35.9. The van der Waals surface area contributed by atoms with E-state index in [-0.39, 0.29) is 38.8 Å². The van der Waals surface area contributed by atoms with E-state index in [1.807, 2.05) is 4.90 Å². The fourth-order valence-corrected chi connectivity index (χ4v) is 3.15. The van der Waals surface area contributed by atoms with Crippen LogP contribution >= 0.6 is 0 Å². The fourth-order valence-electron chi connectivity index (χ4n) is 3.15. The summed E-state index contributed by atoms with van der Waals surface area (Å²) in [6.45, 7) is 1.24. The van der Waals surface area contributed by atoms with Gasteiger partial charge in [0.05, 0.1) is 5.56 Å². The molecule has 3 rings (SSSR count). The highest BCUT2D eigenvalue weighted by Crippen LogP contribution is 2.22. The molecule has 10 heteroatoms. The molecule has 0 saturated carbocycles. The number of hydrogen-bond donors (Lipinski definition) is 1. The highest BCUT2D eigenvalue weighted by atomic mass is 19.4. The maximum absolute atomic E-state index is 12.7. The van der Waals surface area contributed by atoms with E-state index in [9.17, 15) is 22.8 Å². The van der Waals surface area contributed by atoms with Gasteiger partial charge in [0.1, 0.15) is 23.8 Å². The van der Waals surface area contributed by atoms with Crippen molar-refractivity contribution < 1.29 is 25.6 Å². The second kappa shape index (κ2) is 8.46. The topological polar surface area (TPSA) is 92.4 Å². The number of ketones is 1. The molecule has 7 nitrogen and oxygen atoms in total. The highest BCUT2D eigenvalue weighted by molar-refractivity contribution is 6.10. The van der Waals surface area contributed by atoms with E-state index >= 15 is 0 Å². The third-order valence-corrected chi connectivity index (χ3v) is 4.57. The predicted molar refractivity (Wildman–Crippen MR) is 105 cm³/mol. The third-order valence-electron chi connectivity index (χ3n) is 4.57. The highest BCUT2D eigenvalue weighted by Gasteiger charge is 2.34. The Morgan fingerprint density at radius 1 is 1.10 bits per heavy atom. The zero-order valence-corrected chi connectivity index (χ0v) is 15.5. The molecule has 2 N–H and O–H groups in total. The van der Waals surface area contributed by atoms with Crippen molar-refractivity contribution in [3.63, 3.8) is 0 Å². The van der Waals surface area contributed by atoms with Gasteiger partial charge in [-0.1, -0.05) is 6.07 Å². The lowest BCUT2D eigenvalue weighted by molar-refractivity contribution is -0.161. The van der Waals surface area contributed by atoms with Gasteiger partial charge >= 0.3 is 6.18 Å². The van der Waals surface area contributed by atoms with Crippen LogP contribution in [0.5, 0.6) is 0 Å². The average Bonchev–Trinajstić information content (AvgIpc) is 2.93. The van der Waals surface area contributed by atoms with E-state index in [4.69, 9.17) is 5.73 Å². The van der Waals surface area contributed by atoms with E-state index in [0.29, 0.717) is 25.3 Å². The second-order valence-electron chi connectivity index (χ2n) is 6.66. The van der Waals surface area contributed by atoms with Crippen LogP contribution in [0.15, 0.2) is 36.5 Å². The summed E-state index contributed by atoms with van der Waals surface area (Å²) < 4.78 is 37.4. The number of nitrogens with zero attached hydrogens (tertiary/aromatic N) is 4. The molecule has 0 radical (unpaired) electrons. The Balaban J connectivity index is 0.00000240. The lowest BCUT2D eigenvalue weighted by atomic mass is 10.1. The number of pyridine rings is 2. The number of anilines is 2. The molecular weight excluding hydrogens is 387 g/mol. The number of aromatic nitrogens is 2. The first-order chi connectivity index (χ1) is 13.7. The van der Waals surface area contributed by atoms with Gasteiger partial charge in [-0.25, -0.2) is 9.97 Å². The Morgan fingerprint density at radius 2 is 1.90 bits per heavy atom. The number of carbonyl (C=O) groups is 2. The molecule has 2 aromatic heterocycles. The largest absolute Gasteiger partial charge is 0.397 e. The number of alkyl halides is 3. The Morgan fingerprint density at radius 3 is 2.62 bits per heavy atom. The van der Waals surface area contributed by atoms with Gasteiger partial charge in [-0.2, -0.15) is 13.2 Å². The smallest absolute Gasteiger partial charge is 0.383 e. The van der Waals surface area contributed by atoms with Gasteiger partial charge in [0, 0.05) is 35.2 Å². The molecule has 3 heterocycles. The molecule has 1 saturated heterocycles. The number of nitrogen functional groups attached to an aromatic ring is 1. The summed E-state index contributed by atoms with van der Waals surface area (Å²) in [5.74, 6) is -0.667. The molecule has 0 aliphatic carbocycles. The Kier molecular flexibility index (Phi) is 6.00. The molecule has 2 aromatic rings. The molecule has 0 spiro atoms. The van der Waals surface area contributed by atoms with E-state index in [0.717, 1.165) is 0 Å². The zero-order chi connectivity index (χ0) is 21.0. The third kappa shape index (κ3) is 5.21. The average molecular weight is 411 g/mol. The number of hydrogen-bond acceptors (Lipinski definition) is 6. The van der Waals surface area contributed by atoms with E-state index in [1.54, 1.807) is 30.3 Å².